The fraction of sp³-hybridized carbons (Fsp3) is 0.462. The monoisotopic (exact) mass is 272 g/mol. The lowest BCUT2D eigenvalue weighted by atomic mass is 10.1. The fourth-order valence-corrected chi connectivity index (χ4v) is 1.72. The Morgan fingerprint density at radius 2 is 2.05 bits per heavy atom. The lowest BCUT2D eigenvalue weighted by Gasteiger charge is -2.16. The molecule has 19 heavy (non-hydrogen) atoms. The second-order valence-corrected chi connectivity index (χ2v) is 4.74. The van der Waals surface area contributed by atoms with Crippen molar-refractivity contribution in [2.75, 3.05) is 0 Å². The summed E-state index contributed by atoms with van der Waals surface area (Å²) in [5, 5.41) is 5.36. The van der Waals surface area contributed by atoms with Crippen LogP contribution < -0.4 is 10.6 Å². The maximum absolute atomic E-state index is 12.6. The molecule has 1 fully saturated rings. The predicted octanol–water partition coefficient (Wildman–Crippen LogP) is 3.23. The predicted molar refractivity (Wildman–Crippen MR) is 64.5 cm³/mol. The van der Waals surface area contributed by atoms with E-state index in [4.69, 9.17) is 0 Å². The lowest BCUT2D eigenvalue weighted by Crippen LogP contribution is -2.38. The molecule has 1 aromatic carbocycles. The van der Waals surface area contributed by atoms with Crippen LogP contribution in [-0.4, -0.2) is 12.1 Å². The Balaban J connectivity index is 2.01. The summed E-state index contributed by atoms with van der Waals surface area (Å²) in [7, 11) is 0. The van der Waals surface area contributed by atoms with E-state index in [0.29, 0.717) is 5.56 Å². The quantitative estimate of drug-likeness (QED) is 0.871. The van der Waals surface area contributed by atoms with Gasteiger partial charge in [-0.1, -0.05) is 12.1 Å². The van der Waals surface area contributed by atoms with Crippen LogP contribution in [-0.2, 0) is 6.18 Å². The van der Waals surface area contributed by atoms with Crippen molar-refractivity contribution in [1.82, 2.24) is 10.6 Å². The van der Waals surface area contributed by atoms with Gasteiger partial charge in [-0.05, 0) is 37.5 Å². The van der Waals surface area contributed by atoms with Crippen LogP contribution >= 0.6 is 0 Å². The van der Waals surface area contributed by atoms with Crippen molar-refractivity contribution < 1.29 is 18.0 Å². The Bertz CT molecular complexity index is 469. The SMILES string of the molecule is CC(NC(=O)NC1CC1)c1cccc(C(F)(F)F)c1. The smallest absolute Gasteiger partial charge is 0.335 e. The molecule has 1 atom stereocenters. The van der Waals surface area contributed by atoms with Gasteiger partial charge in [0.1, 0.15) is 0 Å². The summed E-state index contributed by atoms with van der Waals surface area (Å²) < 4.78 is 37.7. The molecule has 1 aliphatic rings. The molecule has 3 nitrogen and oxygen atoms in total. The number of carbonyl (C=O) groups excluding carboxylic acids is 1. The summed E-state index contributed by atoms with van der Waals surface area (Å²) in [5.74, 6) is 0. The molecule has 1 aromatic rings. The molecule has 104 valence electrons. The first-order valence-electron chi connectivity index (χ1n) is 6.10. The highest BCUT2D eigenvalue weighted by Crippen LogP contribution is 2.30. The van der Waals surface area contributed by atoms with Crippen molar-refractivity contribution in [2.24, 2.45) is 0 Å². The van der Waals surface area contributed by atoms with E-state index in [0.717, 1.165) is 25.0 Å². The van der Waals surface area contributed by atoms with Crippen LogP contribution in [0.3, 0.4) is 0 Å². The minimum Gasteiger partial charge on any atom is -0.335 e. The van der Waals surface area contributed by atoms with E-state index >= 15 is 0 Å². The maximum Gasteiger partial charge on any atom is 0.416 e. The van der Waals surface area contributed by atoms with Gasteiger partial charge in [0.2, 0.25) is 0 Å². The largest absolute Gasteiger partial charge is 0.416 e. The maximum atomic E-state index is 12.6. The zero-order valence-corrected chi connectivity index (χ0v) is 10.4. The number of hydrogen-bond donors (Lipinski definition) is 2. The highest BCUT2D eigenvalue weighted by atomic mass is 19.4. The molecule has 1 aliphatic carbocycles. The first kappa shape index (κ1) is 13.7. The van der Waals surface area contributed by atoms with Crippen LogP contribution in [0.1, 0.15) is 36.9 Å². The lowest BCUT2D eigenvalue weighted by molar-refractivity contribution is -0.137. The van der Waals surface area contributed by atoms with Crippen molar-refractivity contribution in [1.29, 1.82) is 0 Å². The molecule has 0 spiro atoms. The number of hydrogen-bond acceptors (Lipinski definition) is 1. The molecule has 2 rings (SSSR count). The Kier molecular flexibility index (Phi) is 3.68. The summed E-state index contributed by atoms with van der Waals surface area (Å²) in [5.41, 5.74) is -0.276. The van der Waals surface area contributed by atoms with Crippen LogP contribution in [0.25, 0.3) is 0 Å². The summed E-state index contributed by atoms with van der Waals surface area (Å²) in [6.45, 7) is 1.65. The molecule has 0 bridgehead atoms. The number of carbonyl (C=O) groups is 1. The van der Waals surface area contributed by atoms with Crippen LogP contribution in [0.4, 0.5) is 18.0 Å². The normalized spacial score (nSPS) is 16.8. The van der Waals surface area contributed by atoms with Gasteiger partial charge in [0, 0.05) is 6.04 Å². The zero-order valence-electron chi connectivity index (χ0n) is 10.4. The molecule has 2 N–H and O–H groups in total. The molecular formula is C13H15F3N2O. The van der Waals surface area contributed by atoms with Crippen LogP contribution in [0.2, 0.25) is 0 Å². The van der Waals surface area contributed by atoms with Gasteiger partial charge in [0.25, 0.3) is 0 Å². The van der Waals surface area contributed by atoms with Gasteiger partial charge in [-0.25, -0.2) is 4.79 Å². The Hall–Kier alpha value is -1.72. The average Bonchev–Trinajstić information content (AvgIpc) is 3.11. The van der Waals surface area contributed by atoms with Crippen molar-refractivity contribution in [3.63, 3.8) is 0 Å². The van der Waals surface area contributed by atoms with Crippen LogP contribution in [0.5, 0.6) is 0 Å². The third kappa shape index (κ3) is 3.87. The van der Waals surface area contributed by atoms with Crippen LogP contribution in [0, 0.1) is 0 Å². The first-order chi connectivity index (χ1) is 8.86. The molecular weight excluding hydrogens is 257 g/mol. The van der Waals surface area contributed by atoms with Gasteiger partial charge in [0.05, 0.1) is 11.6 Å². The topological polar surface area (TPSA) is 41.1 Å². The number of alkyl halides is 3. The second kappa shape index (κ2) is 5.11. The number of nitrogens with one attached hydrogen (secondary N) is 2. The van der Waals surface area contributed by atoms with Gasteiger partial charge in [0.15, 0.2) is 0 Å². The van der Waals surface area contributed by atoms with Gasteiger partial charge in [-0.15, -0.1) is 0 Å². The molecule has 0 radical (unpaired) electrons. The number of amides is 2. The molecule has 1 unspecified atom stereocenters. The van der Waals surface area contributed by atoms with Crippen molar-refractivity contribution in [2.45, 2.75) is 38.0 Å². The summed E-state index contributed by atoms with van der Waals surface area (Å²) in [4.78, 5) is 11.5. The number of halogens is 3. The Labute approximate surface area is 109 Å². The standard InChI is InChI=1S/C13H15F3N2O/c1-8(17-12(19)18-11-5-6-11)9-3-2-4-10(7-9)13(14,15)16/h2-4,7-8,11H,5-6H2,1H3,(H2,17,18,19). The molecule has 2 amide bonds. The minimum absolute atomic E-state index is 0.216. The first-order valence-corrected chi connectivity index (χ1v) is 6.10. The van der Waals surface area contributed by atoms with E-state index in [1.807, 2.05) is 0 Å². The average molecular weight is 272 g/mol. The van der Waals surface area contributed by atoms with E-state index in [-0.39, 0.29) is 12.1 Å². The van der Waals surface area contributed by atoms with Gasteiger partial charge in [-0.3, -0.25) is 0 Å². The van der Waals surface area contributed by atoms with Crippen molar-refractivity contribution in [3.8, 4) is 0 Å². The van der Waals surface area contributed by atoms with E-state index in [1.54, 1.807) is 13.0 Å². The third-order valence-electron chi connectivity index (χ3n) is 2.97. The van der Waals surface area contributed by atoms with Crippen LogP contribution in [0.15, 0.2) is 24.3 Å². The molecule has 0 heterocycles. The highest BCUT2D eigenvalue weighted by Gasteiger charge is 2.31. The number of urea groups is 1. The Morgan fingerprint density at radius 1 is 1.37 bits per heavy atom. The summed E-state index contributed by atoms with van der Waals surface area (Å²) in [6.07, 6.45) is -2.44. The van der Waals surface area contributed by atoms with Gasteiger partial charge in [-0.2, -0.15) is 13.2 Å². The van der Waals surface area contributed by atoms with Crippen molar-refractivity contribution >= 4 is 6.03 Å². The molecule has 0 aliphatic heterocycles. The fourth-order valence-electron chi connectivity index (χ4n) is 1.72. The van der Waals surface area contributed by atoms with Gasteiger partial charge >= 0.3 is 12.2 Å². The van der Waals surface area contributed by atoms with E-state index in [1.165, 1.54) is 6.07 Å². The number of rotatable bonds is 3. The molecule has 6 heteroatoms. The highest BCUT2D eigenvalue weighted by molar-refractivity contribution is 5.75. The number of benzene rings is 1. The molecule has 0 aromatic heterocycles. The Morgan fingerprint density at radius 3 is 2.63 bits per heavy atom. The summed E-state index contributed by atoms with van der Waals surface area (Å²) >= 11 is 0. The van der Waals surface area contributed by atoms with Crippen molar-refractivity contribution in [3.05, 3.63) is 35.4 Å². The van der Waals surface area contributed by atoms with E-state index in [2.05, 4.69) is 10.6 Å². The minimum atomic E-state index is -4.37. The zero-order chi connectivity index (χ0) is 14.0. The third-order valence-corrected chi connectivity index (χ3v) is 2.97. The van der Waals surface area contributed by atoms with Gasteiger partial charge < -0.3 is 10.6 Å². The van der Waals surface area contributed by atoms with E-state index in [9.17, 15) is 18.0 Å². The second-order valence-electron chi connectivity index (χ2n) is 4.74. The molecule has 1 saturated carbocycles. The van der Waals surface area contributed by atoms with E-state index < -0.39 is 17.8 Å². The molecule has 0 saturated heterocycles. The summed E-state index contributed by atoms with van der Waals surface area (Å²) in [6, 6.07) is 4.39.